The second kappa shape index (κ2) is 7.61. The predicted molar refractivity (Wildman–Crippen MR) is 79.8 cm³/mol. The molecule has 0 saturated heterocycles. The van der Waals surface area contributed by atoms with E-state index in [1.165, 1.54) is 6.42 Å². The van der Waals surface area contributed by atoms with Crippen molar-refractivity contribution >= 4 is 16.0 Å². The van der Waals surface area contributed by atoms with E-state index in [9.17, 15) is 8.42 Å². The van der Waals surface area contributed by atoms with Gasteiger partial charge in [-0.25, -0.2) is 0 Å². The molecule has 112 valence electrons. The van der Waals surface area contributed by atoms with E-state index in [4.69, 9.17) is 4.18 Å². The molecule has 1 fully saturated rings. The molecule has 5 nitrogen and oxygen atoms in total. The minimum absolute atomic E-state index is 0.0378. The smallest absolute Gasteiger partial charge is 0.336 e. The zero-order valence-electron chi connectivity index (χ0n) is 11.5. The summed E-state index contributed by atoms with van der Waals surface area (Å²) in [7, 11) is -3.63. The average Bonchev–Trinajstić information content (AvgIpc) is 2.45. The highest BCUT2D eigenvalue weighted by Crippen LogP contribution is 2.18. The monoisotopic (exact) mass is 298 g/mol. The van der Waals surface area contributed by atoms with Crippen molar-refractivity contribution in [3.05, 3.63) is 30.3 Å². The second-order valence-corrected chi connectivity index (χ2v) is 6.40. The van der Waals surface area contributed by atoms with Crippen LogP contribution in [0.4, 0.5) is 5.69 Å². The fourth-order valence-corrected chi connectivity index (χ4v) is 3.38. The zero-order valence-corrected chi connectivity index (χ0v) is 12.4. The summed E-state index contributed by atoms with van der Waals surface area (Å²) < 4.78 is 31.1. The van der Waals surface area contributed by atoms with Crippen LogP contribution < -0.4 is 10.0 Å². The lowest BCUT2D eigenvalue weighted by Gasteiger charge is -2.22. The van der Waals surface area contributed by atoms with Gasteiger partial charge in [0.05, 0.1) is 6.61 Å². The Morgan fingerprint density at radius 1 is 1.10 bits per heavy atom. The van der Waals surface area contributed by atoms with Crippen molar-refractivity contribution in [2.75, 3.05) is 18.5 Å². The fourth-order valence-electron chi connectivity index (χ4n) is 2.36. The Kier molecular flexibility index (Phi) is 5.82. The average molecular weight is 298 g/mol. The van der Waals surface area contributed by atoms with Crippen LogP contribution in [0.1, 0.15) is 32.1 Å². The van der Waals surface area contributed by atoms with Crippen LogP contribution in [0.3, 0.4) is 0 Å². The van der Waals surface area contributed by atoms with Crippen LogP contribution in [-0.4, -0.2) is 27.6 Å². The van der Waals surface area contributed by atoms with Crippen LogP contribution >= 0.6 is 0 Å². The maximum atomic E-state index is 11.7. The molecule has 1 saturated carbocycles. The second-order valence-electron chi connectivity index (χ2n) is 5.02. The third-order valence-electron chi connectivity index (χ3n) is 3.36. The van der Waals surface area contributed by atoms with Gasteiger partial charge in [-0.15, -0.1) is 0 Å². The Morgan fingerprint density at radius 3 is 2.50 bits per heavy atom. The largest absolute Gasteiger partial charge is 0.383 e. The van der Waals surface area contributed by atoms with Crippen molar-refractivity contribution in [1.29, 1.82) is 0 Å². The van der Waals surface area contributed by atoms with E-state index in [0.29, 0.717) is 6.54 Å². The molecule has 0 radical (unpaired) electrons. The number of rotatable bonds is 7. The maximum Gasteiger partial charge on any atom is 0.336 e. The Balaban J connectivity index is 1.67. The standard InChI is InChI=1S/C14H22N2O3S/c17-20(18,16-14-9-5-2-6-10-14)19-12-11-15-13-7-3-1-4-8-13/h1,3-4,7-8,14-16H,2,5-6,9-12H2. The highest BCUT2D eigenvalue weighted by molar-refractivity contribution is 7.84. The molecule has 1 aliphatic rings. The van der Waals surface area contributed by atoms with Gasteiger partial charge in [-0.3, -0.25) is 4.18 Å². The molecule has 0 bridgehead atoms. The Bertz CT molecular complexity index is 484. The van der Waals surface area contributed by atoms with Crippen molar-refractivity contribution in [2.45, 2.75) is 38.1 Å². The maximum absolute atomic E-state index is 11.7. The first-order valence-corrected chi connectivity index (χ1v) is 8.52. The van der Waals surface area contributed by atoms with Crippen LogP contribution in [-0.2, 0) is 14.5 Å². The number of para-hydroxylation sites is 1. The van der Waals surface area contributed by atoms with Crippen LogP contribution in [0.15, 0.2) is 30.3 Å². The van der Waals surface area contributed by atoms with Gasteiger partial charge in [0.1, 0.15) is 0 Å². The van der Waals surface area contributed by atoms with Crippen molar-refractivity contribution < 1.29 is 12.6 Å². The van der Waals surface area contributed by atoms with E-state index in [0.717, 1.165) is 31.4 Å². The lowest BCUT2D eigenvalue weighted by molar-refractivity contribution is 0.310. The minimum atomic E-state index is -3.63. The summed E-state index contributed by atoms with van der Waals surface area (Å²) >= 11 is 0. The molecule has 0 aromatic heterocycles. The van der Waals surface area contributed by atoms with Gasteiger partial charge in [-0.1, -0.05) is 37.5 Å². The van der Waals surface area contributed by atoms with Gasteiger partial charge in [0.25, 0.3) is 0 Å². The molecule has 0 spiro atoms. The molecule has 2 rings (SSSR count). The number of hydrogen-bond acceptors (Lipinski definition) is 4. The molecule has 2 N–H and O–H groups in total. The van der Waals surface area contributed by atoms with Gasteiger partial charge >= 0.3 is 10.3 Å². The van der Waals surface area contributed by atoms with E-state index in [1.807, 2.05) is 30.3 Å². The first-order chi connectivity index (χ1) is 9.66. The van der Waals surface area contributed by atoms with E-state index in [-0.39, 0.29) is 12.6 Å². The van der Waals surface area contributed by atoms with E-state index in [1.54, 1.807) is 0 Å². The topological polar surface area (TPSA) is 67.4 Å². The fraction of sp³-hybridized carbons (Fsp3) is 0.571. The van der Waals surface area contributed by atoms with E-state index >= 15 is 0 Å². The van der Waals surface area contributed by atoms with Crippen molar-refractivity contribution in [3.8, 4) is 0 Å². The number of nitrogens with one attached hydrogen (secondary N) is 2. The molecule has 1 aliphatic carbocycles. The van der Waals surface area contributed by atoms with Gasteiger partial charge in [-0.05, 0) is 25.0 Å². The van der Waals surface area contributed by atoms with Crippen molar-refractivity contribution in [2.24, 2.45) is 0 Å². The quantitative estimate of drug-likeness (QED) is 0.758. The number of hydrogen-bond donors (Lipinski definition) is 2. The van der Waals surface area contributed by atoms with Gasteiger partial charge < -0.3 is 5.32 Å². The molecule has 20 heavy (non-hydrogen) atoms. The summed E-state index contributed by atoms with van der Waals surface area (Å²) in [6, 6.07) is 9.66. The van der Waals surface area contributed by atoms with Gasteiger partial charge in [0.2, 0.25) is 0 Å². The van der Waals surface area contributed by atoms with Crippen LogP contribution in [0, 0.1) is 0 Å². The molecule has 0 amide bonds. The third kappa shape index (κ3) is 5.48. The summed E-state index contributed by atoms with van der Waals surface area (Å²) in [6.45, 7) is 0.576. The van der Waals surface area contributed by atoms with Gasteiger partial charge in [0, 0.05) is 18.3 Å². The molecule has 1 aromatic rings. The first kappa shape index (κ1) is 15.3. The molecule has 0 heterocycles. The molecule has 6 heteroatoms. The molecule has 0 aliphatic heterocycles. The molecular formula is C14H22N2O3S. The summed E-state index contributed by atoms with van der Waals surface area (Å²) in [5.41, 5.74) is 0.953. The van der Waals surface area contributed by atoms with Gasteiger partial charge in [0.15, 0.2) is 0 Å². The summed E-state index contributed by atoms with van der Waals surface area (Å²) in [4.78, 5) is 0. The Labute approximate surface area is 121 Å². The Hall–Kier alpha value is -1.11. The summed E-state index contributed by atoms with van der Waals surface area (Å²) in [5, 5.41) is 3.10. The SMILES string of the molecule is O=S(=O)(NC1CCCCC1)OCCNc1ccccc1. The summed E-state index contributed by atoms with van der Waals surface area (Å²) in [5.74, 6) is 0. The lowest BCUT2D eigenvalue weighted by Crippen LogP contribution is -2.37. The van der Waals surface area contributed by atoms with Crippen molar-refractivity contribution in [3.63, 3.8) is 0 Å². The number of anilines is 1. The van der Waals surface area contributed by atoms with Crippen LogP contribution in [0.5, 0.6) is 0 Å². The molecule has 0 unspecified atom stereocenters. The predicted octanol–water partition coefficient (Wildman–Crippen LogP) is 2.28. The van der Waals surface area contributed by atoms with Crippen LogP contribution in [0.2, 0.25) is 0 Å². The Morgan fingerprint density at radius 2 is 1.80 bits per heavy atom. The van der Waals surface area contributed by atoms with E-state index in [2.05, 4.69) is 10.0 Å². The molecular weight excluding hydrogens is 276 g/mol. The highest BCUT2D eigenvalue weighted by atomic mass is 32.2. The highest BCUT2D eigenvalue weighted by Gasteiger charge is 2.20. The zero-order chi connectivity index (χ0) is 14.3. The number of benzene rings is 1. The first-order valence-electron chi connectivity index (χ1n) is 7.11. The van der Waals surface area contributed by atoms with E-state index < -0.39 is 10.3 Å². The van der Waals surface area contributed by atoms with Crippen LogP contribution in [0.25, 0.3) is 0 Å². The van der Waals surface area contributed by atoms with Crippen molar-refractivity contribution in [1.82, 2.24) is 4.72 Å². The lowest BCUT2D eigenvalue weighted by atomic mass is 9.96. The van der Waals surface area contributed by atoms with Gasteiger partial charge in [-0.2, -0.15) is 13.1 Å². The summed E-state index contributed by atoms with van der Waals surface area (Å²) in [6.07, 6.45) is 5.18. The minimum Gasteiger partial charge on any atom is -0.383 e. The third-order valence-corrected chi connectivity index (χ3v) is 4.46. The normalized spacial score (nSPS) is 17.0. The molecule has 1 aromatic carbocycles. The molecule has 0 atom stereocenters.